The van der Waals surface area contributed by atoms with Crippen LogP contribution in [0.2, 0.25) is 0 Å². The molecule has 0 atom stereocenters. The Morgan fingerprint density at radius 3 is 2.57 bits per heavy atom. The number of amides is 1. The van der Waals surface area contributed by atoms with Crippen molar-refractivity contribution in [2.45, 2.75) is 44.8 Å². The van der Waals surface area contributed by atoms with Gasteiger partial charge in [0.2, 0.25) is 5.91 Å². The second kappa shape index (κ2) is 8.99. The molecule has 2 aliphatic heterocycles. The van der Waals surface area contributed by atoms with Crippen molar-refractivity contribution in [2.75, 3.05) is 24.5 Å². The summed E-state index contributed by atoms with van der Waals surface area (Å²) in [5.41, 5.74) is 2.40. The highest BCUT2D eigenvalue weighted by Gasteiger charge is 2.35. The Balaban J connectivity index is 1.41. The lowest BCUT2D eigenvalue weighted by Crippen LogP contribution is -2.46. The first-order chi connectivity index (χ1) is 16.7. The maximum absolute atomic E-state index is 14.2. The maximum Gasteiger partial charge on any atom is 0.219 e. The molecule has 1 saturated heterocycles. The number of hydrogen-bond acceptors (Lipinski definition) is 6. The van der Waals surface area contributed by atoms with Crippen molar-refractivity contribution in [1.82, 2.24) is 24.6 Å². The number of halogens is 2. The maximum atomic E-state index is 14.2. The molecule has 3 aromatic rings. The van der Waals surface area contributed by atoms with Crippen LogP contribution in [0.4, 0.5) is 14.6 Å². The summed E-state index contributed by atoms with van der Waals surface area (Å²) in [7, 11) is 1.84. The number of aliphatic hydroxyl groups is 1. The van der Waals surface area contributed by atoms with E-state index < -0.39 is 17.2 Å². The summed E-state index contributed by atoms with van der Waals surface area (Å²) < 4.78 is 29.2. The number of anilines is 1. The van der Waals surface area contributed by atoms with Crippen molar-refractivity contribution >= 4 is 11.7 Å². The average Bonchev–Trinajstić information content (AvgIpc) is 3.26. The zero-order valence-corrected chi connectivity index (χ0v) is 19.8. The molecule has 0 saturated carbocycles. The molecule has 0 aliphatic carbocycles. The summed E-state index contributed by atoms with van der Waals surface area (Å²) in [6.07, 6.45) is 5.19. The van der Waals surface area contributed by atoms with Gasteiger partial charge in [-0.05, 0) is 24.5 Å². The van der Waals surface area contributed by atoms with E-state index in [1.807, 2.05) is 13.2 Å². The Morgan fingerprint density at radius 1 is 1.14 bits per heavy atom. The Bertz CT molecular complexity index is 1270. The van der Waals surface area contributed by atoms with Gasteiger partial charge in [0.05, 0.1) is 29.7 Å². The van der Waals surface area contributed by atoms with Crippen LogP contribution >= 0.6 is 0 Å². The zero-order chi connectivity index (χ0) is 24.7. The zero-order valence-electron chi connectivity index (χ0n) is 19.8. The van der Waals surface area contributed by atoms with Crippen LogP contribution in [0.15, 0.2) is 30.6 Å². The summed E-state index contributed by atoms with van der Waals surface area (Å²) in [5.74, 6) is -0.534. The largest absolute Gasteiger partial charge is 0.389 e. The number of nitrogens with zero attached hydrogens (tertiary/aromatic N) is 6. The number of piperidine rings is 1. The van der Waals surface area contributed by atoms with Crippen molar-refractivity contribution in [1.29, 1.82) is 0 Å². The minimum Gasteiger partial charge on any atom is -0.389 e. The van der Waals surface area contributed by atoms with Gasteiger partial charge in [-0.25, -0.2) is 18.7 Å². The highest BCUT2D eigenvalue weighted by Crippen LogP contribution is 2.35. The second-order valence-electron chi connectivity index (χ2n) is 9.51. The number of fused-ring (bicyclic) bond motifs is 1. The van der Waals surface area contributed by atoms with E-state index in [4.69, 9.17) is 9.97 Å². The van der Waals surface area contributed by atoms with Crippen LogP contribution in [0.3, 0.4) is 0 Å². The molecular formula is C25H28F2N6O2. The summed E-state index contributed by atoms with van der Waals surface area (Å²) in [5, 5.41) is 15.5. The van der Waals surface area contributed by atoms with E-state index in [1.54, 1.807) is 22.7 Å². The Morgan fingerprint density at radius 2 is 1.91 bits per heavy atom. The monoisotopic (exact) mass is 482 g/mol. The minimum absolute atomic E-state index is 0.0114. The number of carbonyl (C=O) groups excluding carboxylic acids is 1. The summed E-state index contributed by atoms with van der Waals surface area (Å²) >= 11 is 0. The van der Waals surface area contributed by atoms with Crippen LogP contribution < -0.4 is 4.90 Å². The quantitative estimate of drug-likeness (QED) is 0.615. The number of carbonyl (C=O) groups is 1. The van der Waals surface area contributed by atoms with Crippen molar-refractivity contribution in [3.05, 3.63) is 59.2 Å². The number of rotatable bonds is 4. The molecule has 2 aliphatic rings. The SMILES string of the molecule is CC(=O)N1CCc2nc(N3CCC(O)(Cc4ccc(F)cc4F)CC3)c(-c3cnn(C)c3)nc2C1. The lowest BCUT2D eigenvalue weighted by atomic mass is 9.85. The molecule has 4 heterocycles. The number of aryl methyl sites for hydroxylation is 1. The van der Waals surface area contributed by atoms with Gasteiger partial charge in [0.25, 0.3) is 0 Å². The predicted molar refractivity (Wildman–Crippen MR) is 125 cm³/mol. The van der Waals surface area contributed by atoms with Crippen molar-refractivity contribution in [2.24, 2.45) is 7.05 Å². The van der Waals surface area contributed by atoms with Crippen molar-refractivity contribution < 1.29 is 18.7 Å². The van der Waals surface area contributed by atoms with Crippen molar-refractivity contribution in [3.8, 4) is 11.3 Å². The first-order valence-electron chi connectivity index (χ1n) is 11.8. The predicted octanol–water partition coefficient (Wildman–Crippen LogP) is 2.63. The minimum atomic E-state index is -1.09. The van der Waals surface area contributed by atoms with Crippen LogP contribution in [0.5, 0.6) is 0 Å². The topological polar surface area (TPSA) is 87.4 Å². The smallest absolute Gasteiger partial charge is 0.219 e. The molecule has 10 heteroatoms. The van der Waals surface area contributed by atoms with Gasteiger partial charge in [-0.2, -0.15) is 5.10 Å². The van der Waals surface area contributed by atoms with Gasteiger partial charge >= 0.3 is 0 Å². The van der Waals surface area contributed by atoms with Crippen LogP contribution in [0, 0.1) is 11.6 Å². The van der Waals surface area contributed by atoms with E-state index in [-0.39, 0.29) is 12.3 Å². The molecule has 8 nitrogen and oxygen atoms in total. The van der Waals surface area contributed by atoms with E-state index in [2.05, 4.69) is 10.00 Å². The second-order valence-corrected chi connectivity index (χ2v) is 9.51. The molecule has 1 amide bonds. The Kier molecular flexibility index (Phi) is 6.00. The average molecular weight is 483 g/mol. The van der Waals surface area contributed by atoms with Gasteiger partial charge in [-0.1, -0.05) is 6.07 Å². The summed E-state index contributed by atoms with van der Waals surface area (Å²) in [6, 6.07) is 3.46. The Labute approximate surface area is 202 Å². The molecule has 1 N–H and O–H groups in total. The molecule has 0 bridgehead atoms. The van der Waals surface area contributed by atoms with Gasteiger partial charge in [0.1, 0.15) is 17.3 Å². The number of aromatic nitrogens is 4. The molecule has 35 heavy (non-hydrogen) atoms. The first kappa shape index (κ1) is 23.3. The fourth-order valence-corrected chi connectivity index (χ4v) is 4.88. The third kappa shape index (κ3) is 4.75. The fraction of sp³-hybridized carbons (Fsp3) is 0.440. The number of benzene rings is 1. The fourth-order valence-electron chi connectivity index (χ4n) is 4.88. The summed E-state index contributed by atoms with van der Waals surface area (Å²) in [6.45, 7) is 3.61. The van der Waals surface area contributed by atoms with Gasteiger partial charge < -0.3 is 14.9 Å². The van der Waals surface area contributed by atoms with Crippen LogP contribution in [-0.2, 0) is 31.2 Å². The molecular weight excluding hydrogens is 454 g/mol. The molecule has 0 spiro atoms. The third-order valence-electron chi connectivity index (χ3n) is 6.94. The van der Waals surface area contributed by atoms with Crippen molar-refractivity contribution in [3.63, 3.8) is 0 Å². The van der Waals surface area contributed by atoms with Gasteiger partial charge in [-0.3, -0.25) is 9.48 Å². The third-order valence-corrected chi connectivity index (χ3v) is 6.94. The van der Waals surface area contributed by atoms with E-state index >= 15 is 0 Å². The lowest BCUT2D eigenvalue weighted by Gasteiger charge is -2.39. The van der Waals surface area contributed by atoms with E-state index in [9.17, 15) is 18.7 Å². The van der Waals surface area contributed by atoms with Crippen LogP contribution in [0.25, 0.3) is 11.3 Å². The van der Waals surface area contributed by atoms with Gasteiger partial charge in [-0.15, -0.1) is 0 Å². The number of hydrogen-bond donors (Lipinski definition) is 1. The standard InChI is InChI=1S/C25H28F2N6O2/c1-16(34)33-8-5-21-22(15-33)29-23(18-13-28-31(2)14-18)24(30-21)32-9-6-25(35,7-10-32)12-17-3-4-19(26)11-20(17)27/h3-4,11,13-14,35H,5-10,12,15H2,1-2H3. The molecule has 5 rings (SSSR count). The highest BCUT2D eigenvalue weighted by atomic mass is 19.1. The Hall–Kier alpha value is -3.40. The highest BCUT2D eigenvalue weighted by molar-refractivity contribution is 5.74. The molecule has 0 radical (unpaired) electrons. The van der Waals surface area contributed by atoms with Crippen LogP contribution in [-0.4, -0.2) is 60.9 Å². The normalized spacial score (nSPS) is 17.4. The molecule has 2 aromatic heterocycles. The van der Waals surface area contributed by atoms with Gasteiger partial charge in [0.15, 0.2) is 5.82 Å². The van der Waals surface area contributed by atoms with E-state index in [0.717, 1.165) is 28.8 Å². The van der Waals surface area contributed by atoms with Crippen LogP contribution in [0.1, 0.15) is 36.7 Å². The molecule has 1 fully saturated rings. The van der Waals surface area contributed by atoms with E-state index in [1.165, 1.54) is 12.1 Å². The molecule has 1 aromatic carbocycles. The molecule has 184 valence electrons. The van der Waals surface area contributed by atoms with Gasteiger partial charge in [0, 0.05) is 64.3 Å². The summed E-state index contributed by atoms with van der Waals surface area (Å²) in [4.78, 5) is 25.7. The lowest BCUT2D eigenvalue weighted by molar-refractivity contribution is -0.129. The molecule has 0 unspecified atom stereocenters. The first-order valence-corrected chi connectivity index (χ1v) is 11.8. The van der Waals surface area contributed by atoms with E-state index in [0.29, 0.717) is 56.7 Å².